The minimum absolute atomic E-state index is 0.611. The van der Waals surface area contributed by atoms with Crippen molar-refractivity contribution in [2.75, 3.05) is 12.3 Å². The van der Waals surface area contributed by atoms with E-state index in [-0.39, 0.29) is 0 Å². The van der Waals surface area contributed by atoms with Gasteiger partial charge in [-0.3, -0.25) is 0 Å². The van der Waals surface area contributed by atoms with Crippen molar-refractivity contribution in [3.63, 3.8) is 0 Å². The van der Waals surface area contributed by atoms with E-state index in [4.69, 9.17) is 0 Å². The van der Waals surface area contributed by atoms with Crippen molar-refractivity contribution in [3.05, 3.63) is 30.3 Å². The molecule has 1 aromatic rings. The van der Waals surface area contributed by atoms with Gasteiger partial charge in [0, 0.05) is 17.6 Å². The predicted octanol–water partition coefficient (Wildman–Crippen LogP) is 7.11. The summed E-state index contributed by atoms with van der Waals surface area (Å²) in [6.07, 6.45) is 11.6. The first kappa shape index (κ1) is 21.5. The lowest BCUT2D eigenvalue weighted by molar-refractivity contribution is 0.466. The molecule has 0 amide bonds. The molecule has 0 saturated carbocycles. The van der Waals surface area contributed by atoms with Gasteiger partial charge in [-0.15, -0.1) is 0 Å². The molecule has 2 heteroatoms. The van der Waals surface area contributed by atoms with Crippen LogP contribution in [-0.2, 0) is 4.57 Å². The first-order chi connectivity index (χ1) is 11.6. The summed E-state index contributed by atoms with van der Waals surface area (Å²) in [7, 11) is -2.30. The van der Waals surface area contributed by atoms with Crippen LogP contribution in [0.3, 0.4) is 0 Å². The highest BCUT2D eigenvalue weighted by Gasteiger charge is 2.30. The normalized spacial score (nSPS) is 16.5. The first-order valence-corrected chi connectivity index (χ1v) is 12.3. The average molecular weight is 351 g/mol. The molecule has 0 aliphatic rings. The van der Waals surface area contributed by atoms with Crippen LogP contribution in [0.1, 0.15) is 79.1 Å². The van der Waals surface area contributed by atoms with E-state index < -0.39 is 7.14 Å². The maximum Gasteiger partial charge on any atom is 0.116 e. The number of rotatable bonds is 13. The minimum atomic E-state index is -2.30. The van der Waals surface area contributed by atoms with Gasteiger partial charge in [-0.1, -0.05) is 109 Å². The number of hydrogen-bond donors (Lipinski definition) is 0. The molecule has 0 aliphatic heterocycles. The molecule has 0 N–H and O–H groups in total. The van der Waals surface area contributed by atoms with Gasteiger partial charge in [0.1, 0.15) is 7.14 Å². The van der Waals surface area contributed by atoms with Gasteiger partial charge in [0.15, 0.2) is 0 Å². The Kier molecular flexibility index (Phi) is 10.7. The summed E-state index contributed by atoms with van der Waals surface area (Å²) < 4.78 is 14.1. The fraction of sp³-hybridized carbons (Fsp3) is 0.727. The van der Waals surface area contributed by atoms with Crippen LogP contribution < -0.4 is 5.30 Å². The summed E-state index contributed by atoms with van der Waals surface area (Å²) >= 11 is 0. The predicted molar refractivity (Wildman–Crippen MR) is 110 cm³/mol. The molecule has 0 aromatic heterocycles. The molecular formula is C22H39OP. The molecule has 24 heavy (non-hydrogen) atoms. The Balaban J connectivity index is 2.96. The van der Waals surface area contributed by atoms with Gasteiger partial charge in [0.05, 0.1) is 0 Å². The van der Waals surface area contributed by atoms with Crippen LogP contribution in [0.5, 0.6) is 0 Å². The molecule has 0 heterocycles. The standard InChI is InChI=1S/C22H39OP/c1-5-9-14-20(7-3)18-24(23,22-16-12-11-13-17-22)19-21(8-4)15-10-6-2/h11-13,16-17,20-21H,5-10,14-15,18-19H2,1-4H3. The van der Waals surface area contributed by atoms with Crippen LogP contribution in [-0.4, -0.2) is 12.3 Å². The van der Waals surface area contributed by atoms with E-state index in [0.29, 0.717) is 11.8 Å². The summed E-state index contributed by atoms with van der Waals surface area (Å²) in [5.74, 6) is 1.22. The largest absolute Gasteiger partial charge is 0.319 e. The monoisotopic (exact) mass is 350 g/mol. The summed E-state index contributed by atoms with van der Waals surface area (Å²) in [5.41, 5.74) is 0. The molecular weight excluding hydrogens is 311 g/mol. The Morgan fingerprint density at radius 3 is 1.62 bits per heavy atom. The van der Waals surface area contributed by atoms with Crippen LogP contribution >= 0.6 is 7.14 Å². The van der Waals surface area contributed by atoms with E-state index in [1.165, 1.54) is 38.5 Å². The van der Waals surface area contributed by atoms with Crippen LogP contribution in [0, 0.1) is 11.8 Å². The third kappa shape index (κ3) is 7.14. The zero-order valence-electron chi connectivity index (χ0n) is 16.5. The summed E-state index contributed by atoms with van der Waals surface area (Å²) in [6, 6.07) is 10.4. The lowest BCUT2D eigenvalue weighted by Gasteiger charge is -2.27. The van der Waals surface area contributed by atoms with Gasteiger partial charge < -0.3 is 4.57 Å². The molecule has 138 valence electrons. The zero-order chi connectivity index (χ0) is 17.8. The minimum Gasteiger partial charge on any atom is -0.319 e. The SMILES string of the molecule is CCCCC(CC)CP(=O)(CC(CC)CCCC)c1ccccc1. The third-order valence-electron chi connectivity index (χ3n) is 5.42. The molecule has 1 nitrogen and oxygen atoms in total. The van der Waals surface area contributed by atoms with Crippen molar-refractivity contribution in [3.8, 4) is 0 Å². The Morgan fingerprint density at radius 1 is 0.792 bits per heavy atom. The average Bonchev–Trinajstić information content (AvgIpc) is 2.62. The van der Waals surface area contributed by atoms with Gasteiger partial charge in [-0.05, 0) is 11.8 Å². The fourth-order valence-corrected chi connectivity index (χ4v) is 7.49. The van der Waals surface area contributed by atoms with Gasteiger partial charge in [0.2, 0.25) is 0 Å². The molecule has 1 rings (SSSR count). The highest BCUT2D eigenvalue weighted by atomic mass is 31.2. The number of benzene rings is 1. The van der Waals surface area contributed by atoms with Gasteiger partial charge in [-0.2, -0.15) is 0 Å². The van der Waals surface area contributed by atoms with E-state index in [2.05, 4.69) is 52.0 Å². The van der Waals surface area contributed by atoms with Gasteiger partial charge >= 0.3 is 0 Å². The first-order valence-electron chi connectivity index (χ1n) is 10.2. The van der Waals surface area contributed by atoms with Crippen LogP contribution in [0.15, 0.2) is 30.3 Å². The van der Waals surface area contributed by atoms with Crippen LogP contribution in [0.25, 0.3) is 0 Å². The summed E-state index contributed by atoms with van der Waals surface area (Å²) in [6.45, 7) is 9.04. The Labute approximate surface area is 151 Å². The van der Waals surface area contributed by atoms with E-state index in [9.17, 15) is 4.57 Å². The topological polar surface area (TPSA) is 17.1 Å². The van der Waals surface area contributed by atoms with Gasteiger partial charge in [-0.25, -0.2) is 0 Å². The molecule has 2 atom stereocenters. The summed E-state index contributed by atoms with van der Waals surface area (Å²) in [4.78, 5) is 0. The Morgan fingerprint density at radius 2 is 1.25 bits per heavy atom. The molecule has 0 fully saturated rings. The second kappa shape index (κ2) is 11.9. The van der Waals surface area contributed by atoms with E-state index in [1.807, 2.05) is 6.07 Å². The quantitative estimate of drug-likeness (QED) is 0.346. The molecule has 0 radical (unpaired) electrons. The second-order valence-electron chi connectivity index (χ2n) is 7.42. The zero-order valence-corrected chi connectivity index (χ0v) is 17.4. The molecule has 0 aliphatic carbocycles. The highest BCUT2D eigenvalue weighted by molar-refractivity contribution is 7.71. The van der Waals surface area contributed by atoms with Crippen LogP contribution in [0.2, 0.25) is 0 Å². The second-order valence-corrected chi connectivity index (χ2v) is 10.4. The van der Waals surface area contributed by atoms with Crippen molar-refractivity contribution < 1.29 is 4.57 Å². The smallest absolute Gasteiger partial charge is 0.116 e. The molecule has 0 saturated heterocycles. The fourth-order valence-electron chi connectivity index (χ4n) is 3.65. The lowest BCUT2D eigenvalue weighted by atomic mass is 10.0. The maximum atomic E-state index is 14.1. The van der Waals surface area contributed by atoms with Crippen molar-refractivity contribution in [1.29, 1.82) is 0 Å². The van der Waals surface area contributed by atoms with E-state index in [0.717, 1.165) is 30.5 Å². The van der Waals surface area contributed by atoms with Crippen molar-refractivity contribution in [2.24, 2.45) is 11.8 Å². The third-order valence-corrected chi connectivity index (χ3v) is 8.87. The molecule has 1 aromatic carbocycles. The van der Waals surface area contributed by atoms with Crippen LogP contribution in [0.4, 0.5) is 0 Å². The lowest BCUT2D eigenvalue weighted by Crippen LogP contribution is -2.20. The van der Waals surface area contributed by atoms with Gasteiger partial charge in [0.25, 0.3) is 0 Å². The van der Waals surface area contributed by atoms with Crippen molar-refractivity contribution >= 4 is 12.4 Å². The molecule has 2 unspecified atom stereocenters. The molecule has 0 bridgehead atoms. The Hall–Kier alpha value is -0.550. The molecule has 0 spiro atoms. The van der Waals surface area contributed by atoms with Crippen molar-refractivity contribution in [1.82, 2.24) is 0 Å². The number of hydrogen-bond acceptors (Lipinski definition) is 1. The number of unbranched alkanes of at least 4 members (excludes halogenated alkanes) is 2. The highest BCUT2D eigenvalue weighted by Crippen LogP contribution is 2.50. The summed E-state index contributed by atoms with van der Waals surface area (Å²) in [5, 5.41) is 1.12. The maximum absolute atomic E-state index is 14.1. The van der Waals surface area contributed by atoms with E-state index in [1.54, 1.807) is 0 Å². The van der Waals surface area contributed by atoms with Crippen molar-refractivity contribution in [2.45, 2.75) is 79.1 Å². The Bertz CT molecular complexity index is 446. The van der Waals surface area contributed by atoms with E-state index >= 15 is 0 Å².